The summed E-state index contributed by atoms with van der Waals surface area (Å²) in [5.41, 5.74) is 1.66. The molecule has 3 N–H and O–H groups in total. The third kappa shape index (κ3) is 3.79. The first kappa shape index (κ1) is 13.5. The molecule has 1 heterocycles. The van der Waals surface area contributed by atoms with Crippen molar-refractivity contribution in [3.05, 3.63) is 24.4 Å². The summed E-state index contributed by atoms with van der Waals surface area (Å²) in [6, 6.07) is 6.21. The second-order valence-electron chi connectivity index (χ2n) is 4.90. The molecule has 0 unspecified atom stereocenters. The molecule has 2 aromatic rings. The van der Waals surface area contributed by atoms with Gasteiger partial charge in [-0.25, -0.2) is 0 Å². The zero-order valence-corrected chi connectivity index (χ0v) is 11.4. The van der Waals surface area contributed by atoms with Crippen molar-refractivity contribution in [2.24, 2.45) is 0 Å². The fourth-order valence-electron chi connectivity index (χ4n) is 1.93. The zero-order chi connectivity index (χ0) is 13.7. The molecule has 0 aliphatic rings. The van der Waals surface area contributed by atoms with E-state index in [9.17, 15) is 4.79 Å². The number of rotatable bonds is 6. The van der Waals surface area contributed by atoms with Gasteiger partial charge in [0.2, 0.25) is 5.91 Å². The highest BCUT2D eigenvalue weighted by Crippen LogP contribution is 2.20. The highest BCUT2D eigenvalue weighted by atomic mass is 16.1. The Kier molecular flexibility index (Phi) is 4.52. The number of carbonyl (C=O) groups is 1. The molecule has 5 heteroatoms. The normalized spacial score (nSPS) is 11.1. The van der Waals surface area contributed by atoms with E-state index in [0.29, 0.717) is 12.5 Å². The van der Waals surface area contributed by atoms with Crippen LogP contribution in [-0.4, -0.2) is 28.7 Å². The molecular formula is C14H20N4O. The summed E-state index contributed by atoms with van der Waals surface area (Å²) in [6.45, 7) is 5.05. The topological polar surface area (TPSA) is 69.8 Å². The molecule has 0 spiro atoms. The van der Waals surface area contributed by atoms with Crippen LogP contribution in [-0.2, 0) is 4.79 Å². The van der Waals surface area contributed by atoms with Crippen LogP contribution in [0.2, 0.25) is 0 Å². The molecule has 1 aromatic carbocycles. The first-order chi connectivity index (χ1) is 9.16. The molecule has 0 radical (unpaired) electrons. The average molecular weight is 260 g/mol. The summed E-state index contributed by atoms with van der Waals surface area (Å²) in [7, 11) is 0. The summed E-state index contributed by atoms with van der Waals surface area (Å²) >= 11 is 0. The van der Waals surface area contributed by atoms with Crippen LogP contribution in [0, 0.1) is 0 Å². The smallest absolute Gasteiger partial charge is 0.224 e. The number of amides is 1. The van der Waals surface area contributed by atoms with Gasteiger partial charge in [0.15, 0.2) is 0 Å². The van der Waals surface area contributed by atoms with Crippen LogP contribution < -0.4 is 10.6 Å². The molecule has 2 rings (SSSR count). The van der Waals surface area contributed by atoms with Gasteiger partial charge in [0, 0.05) is 17.8 Å². The van der Waals surface area contributed by atoms with Crippen molar-refractivity contribution in [3.8, 4) is 0 Å². The van der Waals surface area contributed by atoms with E-state index in [1.807, 2.05) is 18.2 Å². The maximum absolute atomic E-state index is 11.8. The van der Waals surface area contributed by atoms with E-state index in [2.05, 4.69) is 34.7 Å². The lowest BCUT2D eigenvalue weighted by atomic mass is 10.2. The average Bonchev–Trinajstić information content (AvgIpc) is 2.84. The lowest BCUT2D eigenvalue weighted by molar-refractivity contribution is -0.116. The predicted octanol–water partition coefficient (Wildman–Crippen LogP) is 2.28. The fourth-order valence-corrected chi connectivity index (χ4v) is 1.93. The Hall–Kier alpha value is -1.88. The second kappa shape index (κ2) is 6.33. The molecule has 102 valence electrons. The van der Waals surface area contributed by atoms with Gasteiger partial charge in [-0.2, -0.15) is 5.10 Å². The summed E-state index contributed by atoms with van der Waals surface area (Å²) in [5.74, 6) is 0.0349. The number of H-pyrrole nitrogens is 1. The van der Waals surface area contributed by atoms with Gasteiger partial charge in [0.25, 0.3) is 0 Å². The number of aromatic amines is 1. The van der Waals surface area contributed by atoms with Gasteiger partial charge >= 0.3 is 0 Å². The van der Waals surface area contributed by atoms with Gasteiger partial charge in [0.1, 0.15) is 0 Å². The first-order valence-electron chi connectivity index (χ1n) is 6.62. The molecule has 1 aromatic heterocycles. The van der Waals surface area contributed by atoms with E-state index in [1.165, 1.54) is 0 Å². The van der Waals surface area contributed by atoms with Gasteiger partial charge in [-0.05, 0) is 19.0 Å². The number of benzene rings is 1. The van der Waals surface area contributed by atoms with Crippen LogP contribution in [0.15, 0.2) is 24.4 Å². The number of anilines is 1. The van der Waals surface area contributed by atoms with E-state index < -0.39 is 0 Å². The van der Waals surface area contributed by atoms with Crippen molar-refractivity contribution in [1.29, 1.82) is 0 Å². The number of hydrogen-bond donors (Lipinski definition) is 3. The van der Waals surface area contributed by atoms with Crippen LogP contribution >= 0.6 is 0 Å². The van der Waals surface area contributed by atoms with Gasteiger partial charge in [0.05, 0.1) is 17.4 Å². The van der Waals surface area contributed by atoms with E-state index in [0.717, 1.165) is 29.6 Å². The van der Waals surface area contributed by atoms with Gasteiger partial charge in [-0.15, -0.1) is 0 Å². The minimum atomic E-state index is 0.0349. The number of aromatic nitrogens is 2. The predicted molar refractivity (Wildman–Crippen MR) is 77.1 cm³/mol. The molecule has 5 nitrogen and oxygen atoms in total. The Morgan fingerprint density at radius 1 is 1.42 bits per heavy atom. The Bertz CT molecular complexity index is 547. The lowest BCUT2D eigenvalue weighted by Crippen LogP contribution is -2.24. The van der Waals surface area contributed by atoms with Crippen LogP contribution in [0.5, 0.6) is 0 Å². The summed E-state index contributed by atoms with van der Waals surface area (Å²) in [6.07, 6.45) is 3.10. The van der Waals surface area contributed by atoms with Crippen molar-refractivity contribution in [2.75, 3.05) is 11.9 Å². The van der Waals surface area contributed by atoms with E-state index in [1.54, 1.807) is 6.20 Å². The number of fused-ring (bicyclic) bond motifs is 1. The van der Waals surface area contributed by atoms with Crippen LogP contribution in [0.1, 0.15) is 26.7 Å². The Labute approximate surface area is 112 Å². The highest BCUT2D eigenvalue weighted by Gasteiger charge is 2.06. The van der Waals surface area contributed by atoms with Crippen molar-refractivity contribution in [3.63, 3.8) is 0 Å². The number of carbonyl (C=O) groups excluding carboxylic acids is 1. The molecule has 19 heavy (non-hydrogen) atoms. The summed E-state index contributed by atoms with van der Waals surface area (Å²) in [4.78, 5) is 11.8. The van der Waals surface area contributed by atoms with E-state index >= 15 is 0 Å². The molecule has 0 saturated heterocycles. The molecule has 0 aliphatic carbocycles. The zero-order valence-electron chi connectivity index (χ0n) is 11.4. The fraction of sp³-hybridized carbons (Fsp3) is 0.429. The SMILES string of the molecule is CC(C)NCCCC(=O)Nc1cccc2cn[nH]c12. The van der Waals surface area contributed by atoms with Crippen molar-refractivity contribution in [2.45, 2.75) is 32.7 Å². The number of nitrogens with zero attached hydrogens (tertiary/aromatic N) is 1. The molecule has 0 atom stereocenters. The van der Waals surface area contributed by atoms with E-state index in [4.69, 9.17) is 0 Å². The molecule has 0 saturated carbocycles. The van der Waals surface area contributed by atoms with Crippen LogP contribution in [0.4, 0.5) is 5.69 Å². The highest BCUT2D eigenvalue weighted by molar-refractivity contribution is 6.00. The standard InChI is InChI=1S/C14H20N4O/c1-10(2)15-8-4-7-13(19)17-12-6-3-5-11-9-16-18-14(11)12/h3,5-6,9-10,15H,4,7-8H2,1-2H3,(H,16,18)(H,17,19). The maximum atomic E-state index is 11.8. The Morgan fingerprint density at radius 3 is 3.05 bits per heavy atom. The Balaban J connectivity index is 1.87. The van der Waals surface area contributed by atoms with Gasteiger partial charge < -0.3 is 10.6 Å². The van der Waals surface area contributed by atoms with Crippen LogP contribution in [0.3, 0.4) is 0 Å². The maximum Gasteiger partial charge on any atom is 0.224 e. The first-order valence-corrected chi connectivity index (χ1v) is 6.62. The molecule has 1 amide bonds. The third-order valence-electron chi connectivity index (χ3n) is 2.88. The Morgan fingerprint density at radius 2 is 2.26 bits per heavy atom. The minimum Gasteiger partial charge on any atom is -0.324 e. The van der Waals surface area contributed by atoms with Crippen LogP contribution in [0.25, 0.3) is 10.9 Å². The quantitative estimate of drug-likeness (QED) is 0.698. The number of para-hydroxylation sites is 1. The second-order valence-corrected chi connectivity index (χ2v) is 4.90. The van der Waals surface area contributed by atoms with E-state index in [-0.39, 0.29) is 5.91 Å². The molecule has 0 aliphatic heterocycles. The van der Waals surface area contributed by atoms with Crippen molar-refractivity contribution < 1.29 is 4.79 Å². The molecule has 0 fully saturated rings. The van der Waals surface area contributed by atoms with Crippen molar-refractivity contribution in [1.82, 2.24) is 15.5 Å². The summed E-state index contributed by atoms with van der Waals surface area (Å²) < 4.78 is 0. The third-order valence-corrected chi connectivity index (χ3v) is 2.88. The number of hydrogen-bond acceptors (Lipinski definition) is 3. The minimum absolute atomic E-state index is 0.0349. The molecule has 0 bridgehead atoms. The van der Waals surface area contributed by atoms with Gasteiger partial charge in [-0.1, -0.05) is 26.0 Å². The summed E-state index contributed by atoms with van der Waals surface area (Å²) in [5, 5.41) is 14.1. The molecular weight excluding hydrogens is 240 g/mol. The number of nitrogens with one attached hydrogen (secondary N) is 3. The monoisotopic (exact) mass is 260 g/mol. The lowest BCUT2D eigenvalue weighted by Gasteiger charge is -2.08. The van der Waals surface area contributed by atoms with Crippen molar-refractivity contribution >= 4 is 22.5 Å². The largest absolute Gasteiger partial charge is 0.324 e. The van der Waals surface area contributed by atoms with Gasteiger partial charge in [-0.3, -0.25) is 9.89 Å².